The molecule has 0 heterocycles. The Kier molecular flexibility index (Phi) is 5.58. The third kappa shape index (κ3) is 3.87. The van der Waals surface area contributed by atoms with E-state index in [1.807, 2.05) is 0 Å². The molecule has 0 bridgehead atoms. The quantitative estimate of drug-likeness (QED) is 0.242. The molecule has 0 N–H and O–H groups in total. The van der Waals surface area contributed by atoms with Crippen molar-refractivity contribution in [1.29, 1.82) is 0 Å². The van der Waals surface area contributed by atoms with Crippen LogP contribution in [0.3, 0.4) is 0 Å². The van der Waals surface area contributed by atoms with Gasteiger partial charge in [-0.25, -0.2) is 30.5 Å². The summed E-state index contributed by atoms with van der Waals surface area (Å²) in [6.07, 6.45) is 0. The fourth-order valence-electron chi connectivity index (χ4n) is 2.42. The van der Waals surface area contributed by atoms with Crippen molar-refractivity contribution in [2.75, 3.05) is 0 Å². The molecule has 0 radical (unpaired) electrons. The fraction of sp³-hybridized carbons (Fsp3) is 0. The van der Waals surface area contributed by atoms with Crippen LogP contribution in [0.5, 0.6) is 0 Å². The Morgan fingerprint density at radius 3 is 1.74 bits per heavy atom. The molecule has 0 spiro atoms. The van der Waals surface area contributed by atoms with E-state index >= 15 is 0 Å². The first-order chi connectivity index (χ1) is 12.7. The van der Waals surface area contributed by atoms with E-state index in [-0.39, 0.29) is 20.9 Å². The van der Waals surface area contributed by atoms with Gasteiger partial charge >= 0.3 is 0 Å². The first-order valence-electron chi connectivity index (χ1n) is 7.24. The molecule has 3 aromatic rings. The lowest BCUT2D eigenvalue weighted by Gasteiger charge is -2.13. The largest absolute Gasteiger partial charge is 0.216 e. The molecule has 3 rings (SSSR count). The smallest absolute Gasteiger partial charge is 0.194 e. The van der Waals surface area contributed by atoms with E-state index in [1.54, 1.807) is 0 Å². The SMILES string of the molecule is Fc1cc(P(F)c2c(F)cc(Br)cc2F)ccc1-c1cc(F)c(F)c(F)c1. The summed E-state index contributed by atoms with van der Waals surface area (Å²) in [6.45, 7) is 0. The summed E-state index contributed by atoms with van der Waals surface area (Å²) in [5, 5.41) is -1.17. The Bertz CT molecular complexity index is 992. The second kappa shape index (κ2) is 7.60. The molecule has 0 saturated carbocycles. The zero-order valence-electron chi connectivity index (χ0n) is 13.0. The van der Waals surface area contributed by atoms with Crippen molar-refractivity contribution in [3.63, 3.8) is 0 Å². The van der Waals surface area contributed by atoms with E-state index in [9.17, 15) is 30.5 Å². The summed E-state index contributed by atoms with van der Waals surface area (Å²) in [6, 6.07) is 5.65. The molecule has 0 nitrogen and oxygen atoms in total. The second-order valence-electron chi connectivity index (χ2n) is 5.42. The average Bonchev–Trinajstić information content (AvgIpc) is 2.58. The molecule has 0 saturated heterocycles. The third-order valence-electron chi connectivity index (χ3n) is 3.65. The zero-order valence-corrected chi connectivity index (χ0v) is 15.5. The number of benzene rings is 3. The highest BCUT2D eigenvalue weighted by atomic mass is 79.9. The van der Waals surface area contributed by atoms with E-state index in [0.29, 0.717) is 18.2 Å². The predicted octanol–water partition coefficient (Wildman–Crippen LogP) is 6.27. The topological polar surface area (TPSA) is 0 Å². The van der Waals surface area contributed by atoms with Gasteiger partial charge in [-0.05, 0) is 35.9 Å². The second-order valence-corrected chi connectivity index (χ2v) is 7.86. The molecular weight excluding hydrogens is 460 g/mol. The molecule has 0 amide bonds. The monoisotopic (exact) mass is 466 g/mol. The zero-order chi connectivity index (χ0) is 19.9. The highest BCUT2D eigenvalue weighted by molar-refractivity contribution is 9.10. The minimum atomic E-state index is -3.06. The molecule has 3 aromatic carbocycles. The molecule has 0 aliphatic carbocycles. The Morgan fingerprint density at radius 2 is 1.22 bits per heavy atom. The minimum absolute atomic E-state index is 0.0755. The summed E-state index contributed by atoms with van der Waals surface area (Å²) in [7, 11) is -3.06. The van der Waals surface area contributed by atoms with E-state index in [4.69, 9.17) is 0 Å². The van der Waals surface area contributed by atoms with E-state index in [2.05, 4.69) is 15.9 Å². The Labute approximate surface area is 158 Å². The molecule has 9 heteroatoms. The van der Waals surface area contributed by atoms with Gasteiger partial charge < -0.3 is 0 Å². The van der Waals surface area contributed by atoms with Gasteiger partial charge in [-0.2, -0.15) is 0 Å². The maximum atomic E-state index is 14.6. The van der Waals surface area contributed by atoms with Crippen molar-refractivity contribution in [1.82, 2.24) is 0 Å². The molecular formula is C18H7BrF7P. The lowest BCUT2D eigenvalue weighted by molar-refractivity contribution is 0.447. The maximum Gasteiger partial charge on any atom is 0.194 e. The van der Waals surface area contributed by atoms with Crippen LogP contribution in [-0.2, 0) is 0 Å². The van der Waals surface area contributed by atoms with Gasteiger partial charge in [0.15, 0.2) is 25.7 Å². The van der Waals surface area contributed by atoms with Gasteiger partial charge in [0.2, 0.25) is 0 Å². The van der Waals surface area contributed by atoms with Crippen molar-refractivity contribution < 1.29 is 30.5 Å². The summed E-state index contributed by atoms with van der Waals surface area (Å²) >= 11 is 2.87. The summed E-state index contributed by atoms with van der Waals surface area (Å²) < 4.78 is 96.6. The van der Waals surface area contributed by atoms with Gasteiger partial charge in [-0.15, -0.1) is 0 Å². The standard InChI is InChI=1S/C18H7BrF7P/c19-9-5-15(23)18(16(24)6-9)27(26)10-1-2-11(12(20)7-10)8-3-13(21)17(25)14(22)4-8/h1-7H. The van der Waals surface area contributed by atoms with Crippen LogP contribution in [0.1, 0.15) is 0 Å². The Morgan fingerprint density at radius 1 is 0.667 bits per heavy atom. The van der Waals surface area contributed by atoms with Gasteiger partial charge in [0.05, 0.1) is 5.30 Å². The molecule has 0 aliphatic heterocycles. The van der Waals surface area contributed by atoms with Crippen molar-refractivity contribution in [2.24, 2.45) is 0 Å². The average molecular weight is 467 g/mol. The summed E-state index contributed by atoms with van der Waals surface area (Å²) in [5.74, 6) is -8.09. The van der Waals surface area contributed by atoms with Crippen LogP contribution < -0.4 is 10.6 Å². The molecule has 27 heavy (non-hydrogen) atoms. The van der Waals surface area contributed by atoms with Crippen LogP contribution in [0.25, 0.3) is 11.1 Å². The summed E-state index contributed by atoms with van der Waals surface area (Å²) in [4.78, 5) is 0. The number of hydrogen-bond donors (Lipinski definition) is 0. The number of rotatable bonds is 3. The maximum absolute atomic E-state index is 14.6. The van der Waals surface area contributed by atoms with Crippen LogP contribution in [0, 0.1) is 34.9 Å². The van der Waals surface area contributed by atoms with Crippen LogP contribution in [0.4, 0.5) is 30.5 Å². The fourth-order valence-corrected chi connectivity index (χ4v) is 4.02. The van der Waals surface area contributed by atoms with Crippen LogP contribution >= 0.6 is 24.2 Å². The number of halogens is 8. The molecule has 1 atom stereocenters. The Balaban J connectivity index is 2.03. The first-order valence-corrected chi connectivity index (χ1v) is 9.26. The molecule has 1 unspecified atom stereocenters. The van der Waals surface area contributed by atoms with Crippen LogP contribution in [-0.4, -0.2) is 0 Å². The lowest BCUT2D eigenvalue weighted by atomic mass is 10.0. The predicted molar refractivity (Wildman–Crippen MR) is 93.1 cm³/mol. The first kappa shape index (κ1) is 19.8. The highest BCUT2D eigenvalue weighted by Gasteiger charge is 2.24. The minimum Gasteiger partial charge on any atom is -0.216 e. The highest BCUT2D eigenvalue weighted by Crippen LogP contribution is 2.39. The normalized spacial score (nSPS) is 12.3. The molecule has 140 valence electrons. The van der Waals surface area contributed by atoms with Crippen molar-refractivity contribution >= 4 is 34.8 Å². The number of hydrogen-bond acceptors (Lipinski definition) is 0. The van der Waals surface area contributed by atoms with Gasteiger partial charge in [-0.1, -0.05) is 28.1 Å². The van der Waals surface area contributed by atoms with Crippen LogP contribution in [0.2, 0.25) is 0 Å². The van der Waals surface area contributed by atoms with E-state index < -0.39 is 48.4 Å². The van der Waals surface area contributed by atoms with E-state index in [1.165, 1.54) is 0 Å². The third-order valence-corrected chi connectivity index (χ3v) is 5.66. The summed E-state index contributed by atoms with van der Waals surface area (Å²) in [5.41, 5.74) is -0.628. The van der Waals surface area contributed by atoms with Gasteiger partial charge in [-0.3, -0.25) is 0 Å². The Hall–Kier alpha value is -1.92. The van der Waals surface area contributed by atoms with Crippen molar-refractivity contribution in [3.05, 3.63) is 81.8 Å². The van der Waals surface area contributed by atoms with Gasteiger partial charge in [0.1, 0.15) is 17.5 Å². The van der Waals surface area contributed by atoms with Crippen molar-refractivity contribution in [3.8, 4) is 11.1 Å². The van der Waals surface area contributed by atoms with Gasteiger partial charge in [0.25, 0.3) is 0 Å². The molecule has 0 aliphatic rings. The van der Waals surface area contributed by atoms with Gasteiger partial charge in [0, 0.05) is 15.3 Å². The van der Waals surface area contributed by atoms with E-state index in [0.717, 1.165) is 24.3 Å². The lowest BCUT2D eigenvalue weighted by Crippen LogP contribution is -2.17. The molecule has 0 fully saturated rings. The molecule has 0 aromatic heterocycles. The van der Waals surface area contributed by atoms with Crippen LogP contribution in [0.15, 0.2) is 46.9 Å². The van der Waals surface area contributed by atoms with Crippen molar-refractivity contribution in [2.45, 2.75) is 0 Å².